The van der Waals surface area contributed by atoms with Crippen LogP contribution in [0.4, 0.5) is 4.39 Å². The molecular weight excluding hydrogens is 283 g/mol. The molecule has 0 saturated heterocycles. The Hall–Kier alpha value is -1.23. The van der Waals surface area contributed by atoms with E-state index in [1.807, 2.05) is 30.5 Å². The minimum Gasteiger partial charge on any atom is -0.310 e. The van der Waals surface area contributed by atoms with Gasteiger partial charge in [-0.1, -0.05) is 32.0 Å². The summed E-state index contributed by atoms with van der Waals surface area (Å²) in [6.45, 7) is 6.69. The van der Waals surface area contributed by atoms with Crippen LogP contribution in [0.15, 0.2) is 36.4 Å². The highest BCUT2D eigenvalue weighted by molar-refractivity contribution is 7.11. The molecule has 0 saturated carbocycles. The molecular formula is C17H23FN2S. The Kier molecular flexibility index (Phi) is 5.91. The normalized spacial score (nSPS) is 11.5. The monoisotopic (exact) mass is 306 g/mol. The van der Waals surface area contributed by atoms with Gasteiger partial charge in [0.2, 0.25) is 0 Å². The molecule has 2 aromatic rings. The van der Waals surface area contributed by atoms with E-state index in [1.54, 1.807) is 6.07 Å². The van der Waals surface area contributed by atoms with E-state index in [4.69, 9.17) is 0 Å². The minimum atomic E-state index is -0.127. The lowest BCUT2D eigenvalue weighted by atomic mass is 10.2. The number of hydrogen-bond acceptors (Lipinski definition) is 3. The van der Waals surface area contributed by atoms with Gasteiger partial charge in [-0.2, -0.15) is 0 Å². The predicted octanol–water partition coefficient (Wildman–Crippen LogP) is 4.02. The predicted molar refractivity (Wildman–Crippen MR) is 87.9 cm³/mol. The number of benzene rings is 1. The second-order valence-corrected chi connectivity index (χ2v) is 6.92. The highest BCUT2D eigenvalue weighted by atomic mass is 32.1. The van der Waals surface area contributed by atoms with Crippen LogP contribution in [0, 0.1) is 5.82 Å². The molecule has 0 spiro atoms. The number of thiophene rings is 1. The quantitative estimate of drug-likeness (QED) is 0.831. The van der Waals surface area contributed by atoms with E-state index < -0.39 is 0 Å². The third-order valence-electron chi connectivity index (χ3n) is 3.23. The number of rotatable bonds is 7. The van der Waals surface area contributed by atoms with Crippen molar-refractivity contribution in [2.75, 3.05) is 7.05 Å². The summed E-state index contributed by atoms with van der Waals surface area (Å²) < 4.78 is 13.6. The first-order chi connectivity index (χ1) is 10.0. The van der Waals surface area contributed by atoms with Crippen molar-refractivity contribution in [3.63, 3.8) is 0 Å². The van der Waals surface area contributed by atoms with Gasteiger partial charge < -0.3 is 5.32 Å². The summed E-state index contributed by atoms with van der Waals surface area (Å²) >= 11 is 1.82. The van der Waals surface area contributed by atoms with Crippen molar-refractivity contribution in [3.05, 3.63) is 57.5 Å². The zero-order valence-corrected chi connectivity index (χ0v) is 13.7. The van der Waals surface area contributed by atoms with Crippen molar-refractivity contribution in [2.45, 2.75) is 39.5 Å². The standard InChI is InChI=1S/C17H23FN2S/c1-13(2)19-10-15-8-9-16(21-15)12-20(3)11-14-6-4-5-7-17(14)18/h4-9,13,19H,10-12H2,1-3H3. The Morgan fingerprint density at radius 1 is 1.10 bits per heavy atom. The van der Waals surface area contributed by atoms with E-state index in [2.05, 4.69) is 36.2 Å². The van der Waals surface area contributed by atoms with Crippen LogP contribution in [0.3, 0.4) is 0 Å². The number of halogens is 1. The molecule has 1 aromatic carbocycles. The van der Waals surface area contributed by atoms with Gasteiger partial charge in [0.1, 0.15) is 5.82 Å². The zero-order valence-electron chi connectivity index (χ0n) is 12.9. The lowest BCUT2D eigenvalue weighted by molar-refractivity contribution is 0.316. The van der Waals surface area contributed by atoms with Crippen LogP contribution in [0.1, 0.15) is 29.2 Å². The highest BCUT2D eigenvalue weighted by Gasteiger charge is 2.07. The zero-order chi connectivity index (χ0) is 15.2. The number of nitrogens with zero attached hydrogens (tertiary/aromatic N) is 1. The fraction of sp³-hybridized carbons (Fsp3) is 0.412. The lowest BCUT2D eigenvalue weighted by Crippen LogP contribution is -2.21. The highest BCUT2D eigenvalue weighted by Crippen LogP contribution is 2.19. The summed E-state index contributed by atoms with van der Waals surface area (Å²) in [7, 11) is 2.03. The minimum absolute atomic E-state index is 0.127. The topological polar surface area (TPSA) is 15.3 Å². The van der Waals surface area contributed by atoms with Gasteiger partial charge in [-0.3, -0.25) is 4.90 Å². The third-order valence-corrected chi connectivity index (χ3v) is 4.30. The molecule has 0 bridgehead atoms. The molecule has 0 aliphatic carbocycles. The van der Waals surface area contributed by atoms with Crippen LogP contribution in [0.25, 0.3) is 0 Å². The molecule has 0 aliphatic rings. The molecule has 114 valence electrons. The maximum absolute atomic E-state index is 13.6. The average molecular weight is 306 g/mol. The summed E-state index contributed by atoms with van der Waals surface area (Å²) in [6.07, 6.45) is 0. The molecule has 2 nitrogen and oxygen atoms in total. The van der Waals surface area contributed by atoms with Gasteiger partial charge in [-0.05, 0) is 25.2 Å². The fourth-order valence-electron chi connectivity index (χ4n) is 2.15. The average Bonchev–Trinajstić information content (AvgIpc) is 2.86. The molecule has 0 amide bonds. The van der Waals surface area contributed by atoms with E-state index in [9.17, 15) is 4.39 Å². The summed E-state index contributed by atoms with van der Waals surface area (Å²) in [5, 5.41) is 3.42. The van der Waals surface area contributed by atoms with Crippen LogP contribution >= 0.6 is 11.3 Å². The number of nitrogens with one attached hydrogen (secondary N) is 1. The summed E-state index contributed by atoms with van der Waals surface area (Å²) in [4.78, 5) is 4.80. The molecule has 0 radical (unpaired) electrons. The molecule has 4 heteroatoms. The Bertz CT molecular complexity index is 565. The van der Waals surface area contributed by atoms with Crippen LogP contribution in [0.5, 0.6) is 0 Å². The van der Waals surface area contributed by atoms with E-state index in [0.717, 1.165) is 18.7 Å². The van der Waals surface area contributed by atoms with Gasteiger partial charge in [0.25, 0.3) is 0 Å². The maximum Gasteiger partial charge on any atom is 0.127 e. The van der Waals surface area contributed by atoms with Gasteiger partial charge in [0.05, 0.1) is 0 Å². The first-order valence-electron chi connectivity index (χ1n) is 7.27. The summed E-state index contributed by atoms with van der Waals surface area (Å²) in [6, 6.07) is 11.8. The van der Waals surface area contributed by atoms with Gasteiger partial charge in [-0.25, -0.2) is 4.39 Å². The fourth-order valence-corrected chi connectivity index (χ4v) is 3.20. The molecule has 1 N–H and O–H groups in total. The van der Waals surface area contributed by atoms with Gasteiger partial charge in [-0.15, -0.1) is 11.3 Å². The lowest BCUT2D eigenvalue weighted by Gasteiger charge is -2.16. The van der Waals surface area contributed by atoms with E-state index in [1.165, 1.54) is 15.8 Å². The van der Waals surface area contributed by atoms with Gasteiger partial charge in [0.15, 0.2) is 0 Å². The molecule has 2 rings (SSSR count). The SMILES string of the molecule is CC(C)NCc1ccc(CN(C)Cc2ccccc2F)s1. The molecule has 1 aromatic heterocycles. The van der Waals surface area contributed by atoms with Crippen molar-refractivity contribution >= 4 is 11.3 Å². The van der Waals surface area contributed by atoms with Crippen LogP contribution in [-0.4, -0.2) is 18.0 Å². The third kappa shape index (κ3) is 5.23. The molecule has 0 fully saturated rings. The molecule has 0 aliphatic heterocycles. The molecule has 0 atom stereocenters. The maximum atomic E-state index is 13.6. The van der Waals surface area contributed by atoms with Crippen LogP contribution < -0.4 is 5.32 Å². The molecule has 1 heterocycles. The van der Waals surface area contributed by atoms with E-state index in [-0.39, 0.29) is 5.82 Å². The second kappa shape index (κ2) is 7.69. The van der Waals surface area contributed by atoms with Crippen molar-refractivity contribution in [3.8, 4) is 0 Å². The second-order valence-electron chi connectivity index (χ2n) is 5.67. The van der Waals surface area contributed by atoms with Crippen molar-refractivity contribution in [1.29, 1.82) is 0 Å². The van der Waals surface area contributed by atoms with Crippen LogP contribution in [0.2, 0.25) is 0 Å². The summed E-state index contributed by atoms with van der Waals surface area (Å²) in [5.41, 5.74) is 0.748. The first kappa shape index (κ1) is 16.1. The van der Waals surface area contributed by atoms with E-state index >= 15 is 0 Å². The van der Waals surface area contributed by atoms with E-state index in [0.29, 0.717) is 12.6 Å². The Labute approximate surface area is 130 Å². The van der Waals surface area contributed by atoms with Crippen LogP contribution in [-0.2, 0) is 19.6 Å². The summed E-state index contributed by atoms with van der Waals surface area (Å²) in [5.74, 6) is -0.127. The van der Waals surface area contributed by atoms with Crippen molar-refractivity contribution in [1.82, 2.24) is 10.2 Å². The van der Waals surface area contributed by atoms with Gasteiger partial charge >= 0.3 is 0 Å². The molecule has 21 heavy (non-hydrogen) atoms. The van der Waals surface area contributed by atoms with Crippen molar-refractivity contribution in [2.24, 2.45) is 0 Å². The first-order valence-corrected chi connectivity index (χ1v) is 8.09. The smallest absolute Gasteiger partial charge is 0.127 e. The molecule has 0 unspecified atom stereocenters. The number of hydrogen-bond donors (Lipinski definition) is 1. The van der Waals surface area contributed by atoms with Crippen molar-refractivity contribution < 1.29 is 4.39 Å². The largest absolute Gasteiger partial charge is 0.310 e. The Morgan fingerprint density at radius 3 is 2.52 bits per heavy atom. The Morgan fingerprint density at radius 2 is 1.81 bits per heavy atom. The Balaban J connectivity index is 1.88. The van der Waals surface area contributed by atoms with Gasteiger partial charge in [0, 0.05) is 41.0 Å².